The van der Waals surface area contributed by atoms with Gasteiger partial charge in [-0.3, -0.25) is 9.59 Å². The van der Waals surface area contributed by atoms with Crippen LogP contribution in [0.15, 0.2) is 70.0 Å². The number of carboxylic acids is 1. The normalized spacial score (nSPS) is 16.4. The van der Waals surface area contributed by atoms with Crippen molar-refractivity contribution < 1.29 is 33.0 Å². The third-order valence-corrected chi connectivity index (χ3v) is 12.4. The molecule has 2 heterocycles. The summed E-state index contributed by atoms with van der Waals surface area (Å²) < 4.78 is 29.0. The van der Waals surface area contributed by atoms with Crippen LogP contribution in [0.3, 0.4) is 0 Å². The molecule has 0 saturated carbocycles. The van der Waals surface area contributed by atoms with Crippen molar-refractivity contribution in [3.63, 3.8) is 0 Å². The molecular formula is C37H50N6O8S2. The number of benzene rings is 2. The minimum absolute atomic E-state index is 0.00264. The molecule has 1 saturated heterocycles. The number of urea groups is 1. The highest BCUT2D eigenvalue weighted by molar-refractivity contribution is 7.89. The topological polar surface area (TPSA) is 190 Å². The van der Waals surface area contributed by atoms with Gasteiger partial charge < -0.3 is 25.3 Å². The van der Waals surface area contributed by atoms with Gasteiger partial charge >= 0.3 is 12.0 Å². The second kappa shape index (κ2) is 18.7. The van der Waals surface area contributed by atoms with Crippen LogP contribution in [0.5, 0.6) is 0 Å². The number of aliphatic hydroxyl groups excluding tert-OH is 1. The number of sulfonamides is 1. The summed E-state index contributed by atoms with van der Waals surface area (Å²) >= 11 is 1.22. The molecule has 5 atom stereocenters. The van der Waals surface area contributed by atoms with Crippen LogP contribution in [0.1, 0.15) is 68.8 Å². The molecule has 288 valence electrons. The van der Waals surface area contributed by atoms with Crippen LogP contribution >= 0.6 is 11.3 Å². The number of amides is 3. The van der Waals surface area contributed by atoms with Crippen LogP contribution in [-0.4, -0.2) is 100.0 Å². The molecule has 0 spiro atoms. The summed E-state index contributed by atoms with van der Waals surface area (Å²) in [6.07, 6.45) is -0.551. The Hall–Kier alpha value is -4.25. The van der Waals surface area contributed by atoms with Gasteiger partial charge in [-0.1, -0.05) is 81.8 Å². The maximum absolute atomic E-state index is 14.3. The predicted octanol–water partition coefficient (Wildman–Crippen LogP) is 4.69. The third kappa shape index (κ3) is 10.7. The first-order valence-electron chi connectivity index (χ1n) is 17.8. The molecule has 3 aromatic rings. The first kappa shape index (κ1) is 41.5. The van der Waals surface area contributed by atoms with Gasteiger partial charge in [-0.2, -0.15) is 9.21 Å². The second-order valence-electron chi connectivity index (χ2n) is 14.0. The van der Waals surface area contributed by atoms with E-state index in [4.69, 9.17) is 0 Å². The lowest BCUT2D eigenvalue weighted by Gasteiger charge is -2.35. The molecule has 1 aromatic heterocycles. The maximum Gasteiger partial charge on any atom is 0.321 e. The number of aromatic nitrogens is 1. The highest BCUT2D eigenvalue weighted by Gasteiger charge is 2.41. The molecule has 1 aliphatic heterocycles. The number of rotatable bonds is 20. The highest BCUT2D eigenvalue weighted by atomic mass is 32.2. The van der Waals surface area contributed by atoms with Gasteiger partial charge in [0.1, 0.15) is 23.5 Å². The maximum atomic E-state index is 14.3. The number of carbonyl (C=O) groups is 3. The van der Waals surface area contributed by atoms with Crippen molar-refractivity contribution in [3.8, 4) is 0 Å². The van der Waals surface area contributed by atoms with Gasteiger partial charge in [0.15, 0.2) is 0 Å². The molecule has 53 heavy (non-hydrogen) atoms. The lowest BCUT2D eigenvalue weighted by Crippen LogP contribution is -2.57. The van der Waals surface area contributed by atoms with E-state index < -0.39 is 46.0 Å². The van der Waals surface area contributed by atoms with E-state index in [0.717, 1.165) is 5.56 Å². The summed E-state index contributed by atoms with van der Waals surface area (Å²) in [5, 5.41) is 29.2. The molecule has 1 unspecified atom stereocenters. The van der Waals surface area contributed by atoms with E-state index in [1.54, 1.807) is 17.2 Å². The number of nitroso groups, excluding NO2 is 1. The molecule has 2 aromatic carbocycles. The molecule has 3 N–H and O–H groups in total. The average molecular weight is 771 g/mol. The van der Waals surface area contributed by atoms with Crippen molar-refractivity contribution in [2.24, 2.45) is 17.0 Å². The summed E-state index contributed by atoms with van der Waals surface area (Å²) in [6.45, 7) is 9.59. The SMILES string of the molecule is CC[C@H](C)[C@@H](C(=O)N[C@@H](Cc1ccccc1)[C@H](O)CN(CC(C)C)S(=O)(=O)c1ccc(CN=O)cc1)N1CCN(Cc2csc(C(C)C(=O)O)n2)C1=O. The summed E-state index contributed by atoms with van der Waals surface area (Å²) in [5.41, 5.74) is 1.95. The van der Waals surface area contributed by atoms with Crippen molar-refractivity contribution in [1.29, 1.82) is 0 Å². The minimum atomic E-state index is -4.09. The molecule has 1 aliphatic rings. The third-order valence-electron chi connectivity index (χ3n) is 9.44. The van der Waals surface area contributed by atoms with Crippen molar-refractivity contribution in [3.05, 3.63) is 86.7 Å². The van der Waals surface area contributed by atoms with Crippen molar-refractivity contribution in [2.45, 2.75) is 89.6 Å². The minimum Gasteiger partial charge on any atom is -0.481 e. The van der Waals surface area contributed by atoms with Crippen molar-refractivity contribution >= 4 is 39.3 Å². The number of thiazole rings is 1. The molecule has 3 amide bonds. The average Bonchev–Trinajstić information content (AvgIpc) is 3.74. The Balaban J connectivity index is 1.57. The largest absolute Gasteiger partial charge is 0.481 e. The standard InChI is InChI=1S/C37H50N6O8S2/c1-6-25(4)33(43-17-16-41(37(43)48)21-29-23-52-35(39-29)26(5)36(46)47)34(45)40-31(18-27-10-8-7-9-11-27)32(44)22-42(20-24(2)3)53(50,51)30-14-12-28(13-15-30)19-38-49/h7-15,23-26,31-33,44H,6,16-22H2,1-5H3,(H,40,45)(H,46,47)/t25-,26?,31-,32+,33-/m0/s1. The summed E-state index contributed by atoms with van der Waals surface area (Å²) in [6, 6.07) is 13.0. The fourth-order valence-electron chi connectivity index (χ4n) is 6.26. The number of nitrogens with one attached hydrogen (secondary N) is 1. The molecule has 4 rings (SSSR count). The number of aliphatic carboxylic acids is 1. The summed E-state index contributed by atoms with van der Waals surface area (Å²) in [5.74, 6) is -2.56. The van der Waals surface area contributed by atoms with E-state index in [1.807, 2.05) is 58.0 Å². The number of carbonyl (C=O) groups excluding carboxylic acids is 2. The monoisotopic (exact) mass is 770 g/mol. The van der Waals surface area contributed by atoms with E-state index in [-0.39, 0.29) is 61.9 Å². The number of hydrogen-bond donors (Lipinski definition) is 3. The van der Waals surface area contributed by atoms with Gasteiger partial charge in [-0.05, 0) is 48.4 Å². The van der Waals surface area contributed by atoms with Crippen molar-refractivity contribution in [2.75, 3.05) is 26.2 Å². The Morgan fingerprint density at radius 2 is 1.70 bits per heavy atom. The quantitative estimate of drug-likeness (QED) is 0.137. The summed E-state index contributed by atoms with van der Waals surface area (Å²) in [4.78, 5) is 57.8. The number of hydrogen-bond acceptors (Lipinski definition) is 10. The van der Waals surface area contributed by atoms with Crippen LogP contribution in [0.2, 0.25) is 0 Å². The number of aliphatic hydroxyl groups is 1. The van der Waals surface area contributed by atoms with E-state index in [0.29, 0.717) is 29.2 Å². The number of nitrogens with zero attached hydrogens (tertiary/aromatic N) is 5. The fourth-order valence-corrected chi connectivity index (χ4v) is 8.74. The van der Waals surface area contributed by atoms with E-state index in [9.17, 15) is 37.9 Å². The van der Waals surface area contributed by atoms with Gasteiger partial charge in [-0.15, -0.1) is 11.3 Å². The Bertz CT molecular complexity index is 1800. The van der Waals surface area contributed by atoms with Crippen molar-refractivity contribution in [1.82, 2.24) is 24.4 Å². The second-order valence-corrected chi connectivity index (χ2v) is 16.8. The van der Waals surface area contributed by atoms with E-state index in [1.165, 1.54) is 44.8 Å². The zero-order valence-electron chi connectivity index (χ0n) is 30.8. The van der Waals surface area contributed by atoms with E-state index in [2.05, 4.69) is 15.5 Å². The first-order chi connectivity index (χ1) is 25.2. The lowest BCUT2D eigenvalue weighted by molar-refractivity contribution is -0.138. The first-order valence-corrected chi connectivity index (χ1v) is 20.1. The van der Waals surface area contributed by atoms with Crippen LogP contribution < -0.4 is 5.32 Å². The van der Waals surface area contributed by atoms with E-state index >= 15 is 0 Å². The molecule has 16 heteroatoms. The molecule has 0 bridgehead atoms. The van der Waals surface area contributed by atoms with Gasteiger partial charge in [0.2, 0.25) is 15.9 Å². The van der Waals surface area contributed by atoms with Crippen LogP contribution in [-0.2, 0) is 39.1 Å². The summed E-state index contributed by atoms with van der Waals surface area (Å²) in [7, 11) is -4.09. The van der Waals surface area contributed by atoms with Crippen LogP contribution in [0.25, 0.3) is 0 Å². The smallest absolute Gasteiger partial charge is 0.321 e. The Kier molecular flexibility index (Phi) is 14.6. The molecule has 1 fully saturated rings. The van der Waals surface area contributed by atoms with Gasteiger partial charge in [0.25, 0.3) is 0 Å². The molecule has 0 radical (unpaired) electrons. The molecular weight excluding hydrogens is 721 g/mol. The molecule has 14 nitrogen and oxygen atoms in total. The van der Waals surface area contributed by atoms with Gasteiger partial charge in [0, 0.05) is 31.6 Å². The zero-order valence-corrected chi connectivity index (χ0v) is 32.4. The van der Waals surface area contributed by atoms with Crippen LogP contribution in [0.4, 0.5) is 4.79 Å². The Labute approximate surface area is 315 Å². The predicted molar refractivity (Wildman–Crippen MR) is 202 cm³/mol. The Morgan fingerprint density at radius 1 is 1.02 bits per heavy atom. The highest BCUT2D eigenvalue weighted by Crippen LogP contribution is 2.26. The number of carboxylic acid groups (broad SMARTS) is 1. The lowest BCUT2D eigenvalue weighted by atomic mass is 9.95. The molecule has 0 aliphatic carbocycles. The zero-order chi connectivity index (χ0) is 38.9. The van der Waals surface area contributed by atoms with Crippen LogP contribution in [0, 0.1) is 16.7 Å². The Morgan fingerprint density at radius 3 is 2.30 bits per heavy atom. The van der Waals surface area contributed by atoms with Gasteiger partial charge in [-0.25, -0.2) is 18.2 Å². The van der Waals surface area contributed by atoms with Gasteiger partial charge in [0.05, 0.1) is 29.3 Å². The fraction of sp³-hybridized carbons (Fsp3) is 0.514.